The monoisotopic (exact) mass is 364 g/mol. The summed E-state index contributed by atoms with van der Waals surface area (Å²) >= 11 is 0. The van der Waals surface area contributed by atoms with Gasteiger partial charge in [0.15, 0.2) is 0 Å². The van der Waals surface area contributed by atoms with Crippen LogP contribution in [0.2, 0.25) is 0 Å². The Morgan fingerprint density at radius 2 is 1.88 bits per heavy atom. The van der Waals surface area contributed by atoms with E-state index in [0.717, 1.165) is 42.7 Å². The molecule has 6 nitrogen and oxygen atoms in total. The summed E-state index contributed by atoms with van der Waals surface area (Å²) in [5.41, 5.74) is 7.20. The fraction of sp³-hybridized carbons (Fsp3) is 0.650. The topological polar surface area (TPSA) is 82.8 Å². The van der Waals surface area contributed by atoms with Gasteiger partial charge >= 0.3 is 0 Å². The van der Waals surface area contributed by atoms with Crippen LogP contribution in [0.25, 0.3) is 0 Å². The lowest BCUT2D eigenvalue weighted by Gasteiger charge is -2.33. The predicted molar refractivity (Wildman–Crippen MR) is 102 cm³/mol. The van der Waals surface area contributed by atoms with Crippen molar-refractivity contribution in [3.8, 4) is 11.5 Å². The first kappa shape index (κ1) is 20.5. The van der Waals surface area contributed by atoms with E-state index in [1.54, 1.807) is 14.2 Å². The smallest absolute Gasteiger partial charge is 0.223 e. The van der Waals surface area contributed by atoms with Crippen molar-refractivity contribution in [2.45, 2.75) is 51.2 Å². The fourth-order valence-electron chi connectivity index (χ4n) is 3.34. The first-order valence-corrected chi connectivity index (χ1v) is 9.44. The highest BCUT2D eigenvalue weighted by Gasteiger charge is 2.32. The minimum Gasteiger partial charge on any atom is -0.497 e. The second-order valence-electron chi connectivity index (χ2n) is 6.85. The second-order valence-corrected chi connectivity index (χ2v) is 6.85. The Bertz CT molecular complexity index is 557. The number of carbonyl (C=O) groups excluding carboxylic acids is 1. The molecular weight excluding hydrogens is 332 g/mol. The van der Waals surface area contributed by atoms with E-state index in [1.807, 2.05) is 18.2 Å². The van der Waals surface area contributed by atoms with Gasteiger partial charge < -0.3 is 25.3 Å². The van der Waals surface area contributed by atoms with Gasteiger partial charge in [0.1, 0.15) is 11.5 Å². The van der Waals surface area contributed by atoms with Gasteiger partial charge in [-0.25, -0.2) is 0 Å². The summed E-state index contributed by atoms with van der Waals surface area (Å²) in [5, 5.41) is 3.05. The van der Waals surface area contributed by atoms with Gasteiger partial charge in [0, 0.05) is 31.2 Å². The second kappa shape index (κ2) is 10.4. The molecule has 0 bridgehead atoms. The molecule has 0 aliphatic heterocycles. The van der Waals surface area contributed by atoms with Crippen molar-refractivity contribution in [1.29, 1.82) is 0 Å². The molecule has 0 spiro atoms. The molecule has 2 rings (SSSR count). The highest BCUT2D eigenvalue weighted by atomic mass is 16.5. The van der Waals surface area contributed by atoms with Gasteiger partial charge in [-0.15, -0.1) is 0 Å². The Morgan fingerprint density at radius 1 is 1.19 bits per heavy atom. The maximum atomic E-state index is 12.5. The van der Waals surface area contributed by atoms with E-state index in [2.05, 4.69) is 12.2 Å². The standard InChI is InChI=1S/C20H32N2O4/c1-4-9-26-19-12-15(5-6-18(19)21)20(23)22-8-7-14-10-16(24-2)13-17(11-14)25-3/h10-11,13,15,18-19H,4-9,12,21H2,1-3H3,(H,22,23)/t15-,18+,19+/m0/s1. The molecule has 1 saturated carbocycles. The Labute approximate surface area is 156 Å². The van der Waals surface area contributed by atoms with Crippen molar-refractivity contribution in [3.63, 3.8) is 0 Å². The minimum atomic E-state index is -0.0171. The summed E-state index contributed by atoms with van der Waals surface area (Å²) in [6, 6.07) is 5.80. The lowest BCUT2D eigenvalue weighted by Crippen LogP contribution is -2.46. The van der Waals surface area contributed by atoms with E-state index in [-0.39, 0.29) is 24.0 Å². The van der Waals surface area contributed by atoms with Crippen LogP contribution in [0, 0.1) is 5.92 Å². The molecule has 1 aliphatic carbocycles. The van der Waals surface area contributed by atoms with Gasteiger partial charge in [-0.1, -0.05) is 6.92 Å². The van der Waals surface area contributed by atoms with E-state index in [1.165, 1.54) is 0 Å². The zero-order valence-corrected chi connectivity index (χ0v) is 16.1. The molecule has 0 saturated heterocycles. The maximum Gasteiger partial charge on any atom is 0.223 e. The van der Waals surface area contributed by atoms with Crippen molar-refractivity contribution in [2.24, 2.45) is 11.7 Å². The molecule has 1 aromatic rings. The first-order valence-electron chi connectivity index (χ1n) is 9.44. The number of amides is 1. The third kappa shape index (κ3) is 5.88. The van der Waals surface area contributed by atoms with Crippen LogP contribution < -0.4 is 20.5 Å². The molecule has 0 heterocycles. The van der Waals surface area contributed by atoms with Crippen LogP contribution >= 0.6 is 0 Å². The number of nitrogens with two attached hydrogens (primary N) is 1. The van der Waals surface area contributed by atoms with Crippen LogP contribution in [0.4, 0.5) is 0 Å². The zero-order valence-electron chi connectivity index (χ0n) is 16.1. The SMILES string of the molecule is CCCO[C@@H]1C[C@@H](C(=O)NCCc2cc(OC)cc(OC)c2)CC[C@H]1N. The molecule has 146 valence electrons. The molecule has 1 amide bonds. The normalized spacial score (nSPS) is 22.7. The van der Waals surface area contributed by atoms with E-state index in [9.17, 15) is 4.79 Å². The molecule has 1 aliphatic rings. The third-order valence-electron chi connectivity index (χ3n) is 4.87. The number of ether oxygens (including phenoxy) is 3. The molecule has 1 aromatic carbocycles. The number of hydrogen-bond donors (Lipinski definition) is 2. The van der Waals surface area contributed by atoms with E-state index >= 15 is 0 Å². The first-order chi connectivity index (χ1) is 12.6. The number of hydrogen-bond acceptors (Lipinski definition) is 5. The molecule has 0 radical (unpaired) electrons. The highest BCUT2D eigenvalue weighted by molar-refractivity contribution is 5.78. The van der Waals surface area contributed by atoms with Gasteiger partial charge in [0.05, 0.1) is 20.3 Å². The molecule has 26 heavy (non-hydrogen) atoms. The maximum absolute atomic E-state index is 12.5. The van der Waals surface area contributed by atoms with Crippen molar-refractivity contribution < 1.29 is 19.0 Å². The van der Waals surface area contributed by atoms with Crippen LogP contribution in [-0.4, -0.2) is 45.4 Å². The van der Waals surface area contributed by atoms with Crippen LogP contribution in [0.1, 0.15) is 38.2 Å². The average Bonchev–Trinajstić information content (AvgIpc) is 2.66. The van der Waals surface area contributed by atoms with Gasteiger partial charge in [0.25, 0.3) is 0 Å². The summed E-state index contributed by atoms with van der Waals surface area (Å²) in [6.45, 7) is 3.36. The van der Waals surface area contributed by atoms with Gasteiger partial charge in [-0.05, 0) is 49.8 Å². The van der Waals surface area contributed by atoms with Crippen LogP contribution in [-0.2, 0) is 16.0 Å². The Hall–Kier alpha value is -1.79. The van der Waals surface area contributed by atoms with Crippen LogP contribution in [0.3, 0.4) is 0 Å². The Kier molecular flexibility index (Phi) is 8.19. The number of benzene rings is 1. The van der Waals surface area contributed by atoms with Crippen molar-refractivity contribution in [3.05, 3.63) is 23.8 Å². The van der Waals surface area contributed by atoms with Crippen LogP contribution in [0.5, 0.6) is 11.5 Å². The number of carbonyl (C=O) groups is 1. The molecule has 0 unspecified atom stereocenters. The largest absolute Gasteiger partial charge is 0.497 e. The summed E-state index contributed by atoms with van der Waals surface area (Å²) in [4.78, 5) is 12.5. The van der Waals surface area contributed by atoms with Crippen LogP contribution in [0.15, 0.2) is 18.2 Å². The lowest BCUT2D eigenvalue weighted by molar-refractivity contribution is -0.128. The quantitative estimate of drug-likeness (QED) is 0.702. The highest BCUT2D eigenvalue weighted by Crippen LogP contribution is 2.26. The molecule has 3 atom stereocenters. The van der Waals surface area contributed by atoms with Gasteiger partial charge in [0.2, 0.25) is 5.91 Å². The summed E-state index contributed by atoms with van der Waals surface area (Å²) in [7, 11) is 3.26. The number of rotatable bonds is 9. The summed E-state index contributed by atoms with van der Waals surface area (Å²) in [5.74, 6) is 1.58. The summed E-state index contributed by atoms with van der Waals surface area (Å²) < 4.78 is 16.4. The lowest BCUT2D eigenvalue weighted by atomic mass is 9.83. The van der Waals surface area contributed by atoms with Gasteiger partial charge in [-0.2, -0.15) is 0 Å². The molecule has 0 aromatic heterocycles. The van der Waals surface area contributed by atoms with Gasteiger partial charge in [-0.3, -0.25) is 4.79 Å². The number of methoxy groups -OCH3 is 2. The Morgan fingerprint density at radius 3 is 2.50 bits per heavy atom. The van der Waals surface area contributed by atoms with E-state index in [4.69, 9.17) is 19.9 Å². The predicted octanol–water partition coefficient (Wildman–Crippen LogP) is 2.29. The Balaban J connectivity index is 1.83. The molecular formula is C20H32N2O4. The zero-order chi connectivity index (χ0) is 18.9. The van der Waals surface area contributed by atoms with Crippen molar-refractivity contribution in [2.75, 3.05) is 27.4 Å². The van der Waals surface area contributed by atoms with Crippen molar-refractivity contribution >= 4 is 5.91 Å². The van der Waals surface area contributed by atoms with E-state index in [0.29, 0.717) is 19.6 Å². The minimum absolute atomic E-state index is 0.0119. The van der Waals surface area contributed by atoms with E-state index < -0.39 is 0 Å². The molecule has 1 fully saturated rings. The summed E-state index contributed by atoms with van der Waals surface area (Å²) in [6.07, 6.45) is 4.04. The third-order valence-corrected chi connectivity index (χ3v) is 4.87. The number of nitrogens with one attached hydrogen (secondary N) is 1. The van der Waals surface area contributed by atoms with Crippen molar-refractivity contribution in [1.82, 2.24) is 5.32 Å². The molecule has 6 heteroatoms. The average molecular weight is 364 g/mol. The molecule has 3 N–H and O–H groups in total. The fourth-order valence-corrected chi connectivity index (χ4v) is 3.34.